The van der Waals surface area contributed by atoms with Crippen molar-refractivity contribution in [2.24, 2.45) is 0 Å². The Hall–Kier alpha value is -1.49. The van der Waals surface area contributed by atoms with Crippen LogP contribution in [0.4, 0.5) is 5.13 Å². The highest BCUT2D eigenvalue weighted by Gasteiger charge is 2.05. The van der Waals surface area contributed by atoms with Gasteiger partial charge in [-0.2, -0.15) is 0 Å². The van der Waals surface area contributed by atoms with Crippen molar-refractivity contribution in [3.05, 3.63) is 24.4 Å². The first-order valence-electron chi connectivity index (χ1n) is 4.39. The number of hydrogen-bond acceptors (Lipinski definition) is 5. The highest BCUT2D eigenvalue weighted by atomic mass is 32.1. The third-order valence-electron chi connectivity index (χ3n) is 1.64. The molecule has 2 heterocycles. The first-order valence-corrected chi connectivity index (χ1v) is 5.20. The third kappa shape index (κ3) is 1.88. The normalized spacial score (nSPS) is 10.1. The summed E-state index contributed by atoms with van der Waals surface area (Å²) in [6.07, 6.45) is 1.75. The molecule has 0 unspecified atom stereocenters. The minimum absolute atomic E-state index is 0.841. The molecule has 2 rings (SSSR count). The van der Waals surface area contributed by atoms with Gasteiger partial charge in [-0.15, -0.1) is 10.2 Å². The molecule has 14 heavy (non-hydrogen) atoms. The lowest BCUT2D eigenvalue weighted by Crippen LogP contribution is -1.94. The molecule has 1 N–H and O–H groups in total. The zero-order valence-electron chi connectivity index (χ0n) is 7.77. The molecule has 0 aromatic carbocycles. The predicted octanol–water partition coefficient (Wildman–Crippen LogP) is 2.03. The molecule has 0 saturated carbocycles. The maximum absolute atomic E-state index is 4.20. The SMILES string of the molecule is CCNc1nnc(-c2ccccn2)s1. The first kappa shape index (κ1) is 9.08. The van der Waals surface area contributed by atoms with Crippen LogP contribution < -0.4 is 5.32 Å². The summed E-state index contributed by atoms with van der Waals surface area (Å²) in [4.78, 5) is 4.20. The molecule has 0 fully saturated rings. The van der Waals surface area contributed by atoms with Gasteiger partial charge in [-0.3, -0.25) is 4.98 Å². The maximum atomic E-state index is 4.20. The quantitative estimate of drug-likeness (QED) is 0.834. The molecule has 72 valence electrons. The van der Waals surface area contributed by atoms with E-state index in [4.69, 9.17) is 0 Å². The van der Waals surface area contributed by atoms with Gasteiger partial charge >= 0.3 is 0 Å². The van der Waals surface area contributed by atoms with E-state index >= 15 is 0 Å². The topological polar surface area (TPSA) is 50.7 Å². The molecule has 0 bridgehead atoms. The van der Waals surface area contributed by atoms with Gasteiger partial charge in [-0.25, -0.2) is 0 Å². The van der Waals surface area contributed by atoms with Crippen molar-refractivity contribution in [3.63, 3.8) is 0 Å². The molecule has 0 aliphatic carbocycles. The van der Waals surface area contributed by atoms with Crippen LogP contribution in [0.5, 0.6) is 0 Å². The Kier molecular flexibility index (Phi) is 2.69. The van der Waals surface area contributed by atoms with Crippen LogP contribution >= 0.6 is 11.3 Å². The Labute approximate surface area is 86.0 Å². The summed E-state index contributed by atoms with van der Waals surface area (Å²) in [5.41, 5.74) is 0.870. The van der Waals surface area contributed by atoms with Crippen LogP contribution in [0.3, 0.4) is 0 Å². The molecular weight excluding hydrogens is 196 g/mol. The number of nitrogens with one attached hydrogen (secondary N) is 1. The maximum Gasteiger partial charge on any atom is 0.206 e. The number of anilines is 1. The fraction of sp³-hybridized carbons (Fsp3) is 0.222. The van der Waals surface area contributed by atoms with Gasteiger partial charge in [0.2, 0.25) is 5.13 Å². The first-order chi connectivity index (χ1) is 6.90. The van der Waals surface area contributed by atoms with Crippen LogP contribution in [0.2, 0.25) is 0 Å². The second-order valence-electron chi connectivity index (χ2n) is 2.66. The number of rotatable bonds is 3. The second-order valence-corrected chi connectivity index (χ2v) is 3.64. The van der Waals surface area contributed by atoms with E-state index in [2.05, 4.69) is 20.5 Å². The lowest BCUT2D eigenvalue weighted by molar-refractivity contribution is 1.06. The minimum atomic E-state index is 0.841. The van der Waals surface area contributed by atoms with Gasteiger partial charge in [0.1, 0.15) is 5.69 Å². The van der Waals surface area contributed by atoms with Crippen LogP contribution in [-0.2, 0) is 0 Å². The molecule has 4 nitrogen and oxygen atoms in total. The van der Waals surface area contributed by atoms with Crippen molar-refractivity contribution in [1.29, 1.82) is 0 Å². The summed E-state index contributed by atoms with van der Waals surface area (Å²) >= 11 is 1.51. The van der Waals surface area contributed by atoms with Crippen molar-refractivity contribution in [1.82, 2.24) is 15.2 Å². The molecule has 0 spiro atoms. The fourth-order valence-corrected chi connectivity index (χ4v) is 1.83. The van der Waals surface area contributed by atoms with Gasteiger partial charge in [0.25, 0.3) is 0 Å². The summed E-state index contributed by atoms with van der Waals surface area (Å²) in [5.74, 6) is 0. The van der Waals surface area contributed by atoms with Crippen molar-refractivity contribution in [2.45, 2.75) is 6.92 Å². The molecule has 0 radical (unpaired) electrons. The number of hydrogen-bond donors (Lipinski definition) is 1. The molecule has 0 amide bonds. The Bertz CT molecular complexity index is 398. The lowest BCUT2D eigenvalue weighted by Gasteiger charge is -1.92. The van der Waals surface area contributed by atoms with Crippen molar-refractivity contribution in [3.8, 4) is 10.7 Å². The van der Waals surface area contributed by atoms with Crippen LogP contribution in [0.15, 0.2) is 24.4 Å². The van der Waals surface area contributed by atoms with Crippen molar-refractivity contribution in [2.75, 3.05) is 11.9 Å². The Balaban J connectivity index is 2.25. The molecule has 2 aromatic heterocycles. The van der Waals surface area contributed by atoms with Crippen LogP contribution in [-0.4, -0.2) is 21.7 Å². The largest absolute Gasteiger partial charge is 0.360 e. The van der Waals surface area contributed by atoms with E-state index in [-0.39, 0.29) is 0 Å². The van der Waals surface area contributed by atoms with Crippen LogP contribution in [0.25, 0.3) is 10.7 Å². The summed E-state index contributed by atoms with van der Waals surface area (Å²) in [7, 11) is 0. The lowest BCUT2D eigenvalue weighted by atomic mass is 10.4. The molecule has 0 aliphatic rings. The zero-order valence-corrected chi connectivity index (χ0v) is 8.58. The average molecular weight is 206 g/mol. The molecular formula is C9H10N4S. The Morgan fingerprint density at radius 1 is 1.36 bits per heavy atom. The third-order valence-corrected chi connectivity index (χ3v) is 2.54. The summed E-state index contributed by atoms with van der Waals surface area (Å²) in [6, 6.07) is 5.75. The van der Waals surface area contributed by atoms with Crippen molar-refractivity contribution < 1.29 is 0 Å². The van der Waals surface area contributed by atoms with E-state index in [9.17, 15) is 0 Å². The zero-order chi connectivity index (χ0) is 9.80. The van der Waals surface area contributed by atoms with E-state index in [1.165, 1.54) is 11.3 Å². The van der Waals surface area contributed by atoms with E-state index in [0.717, 1.165) is 22.4 Å². The van der Waals surface area contributed by atoms with Crippen molar-refractivity contribution >= 4 is 16.5 Å². The predicted molar refractivity (Wildman–Crippen MR) is 57.3 cm³/mol. The monoisotopic (exact) mass is 206 g/mol. The van der Waals surface area contributed by atoms with E-state index in [1.807, 2.05) is 25.1 Å². The van der Waals surface area contributed by atoms with Gasteiger partial charge in [-0.1, -0.05) is 17.4 Å². The smallest absolute Gasteiger partial charge is 0.206 e. The highest BCUT2D eigenvalue weighted by Crippen LogP contribution is 2.23. The molecule has 5 heteroatoms. The standard InChI is InChI=1S/C9H10N4S/c1-2-10-9-13-12-8(14-9)7-5-3-4-6-11-7/h3-6H,2H2,1H3,(H,10,13). The summed E-state index contributed by atoms with van der Waals surface area (Å²) in [6.45, 7) is 2.89. The summed E-state index contributed by atoms with van der Waals surface area (Å²) < 4.78 is 0. The van der Waals surface area contributed by atoms with E-state index < -0.39 is 0 Å². The summed E-state index contributed by atoms with van der Waals surface area (Å²) in [5, 5.41) is 12.9. The molecule has 0 aliphatic heterocycles. The Morgan fingerprint density at radius 2 is 2.29 bits per heavy atom. The van der Waals surface area contributed by atoms with Gasteiger partial charge in [0.15, 0.2) is 5.01 Å². The van der Waals surface area contributed by atoms with Gasteiger partial charge in [0.05, 0.1) is 0 Å². The number of aromatic nitrogens is 3. The minimum Gasteiger partial charge on any atom is -0.360 e. The highest BCUT2D eigenvalue weighted by molar-refractivity contribution is 7.18. The second kappa shape index (κ2) is 4.15. The molecule has 0 saturated heterocycles. The van der Waals surface area contributed by atoms with Crippen LogP contribution in [0, 0.1) is 0 Å². The van der Waals surface area contributed by atoms with E-state index in [1.54, 1.807) is 6.20 Å². The fourth-order valence-electron chi connectivity index (χ4n) is 1.04. The van der Waals surface area contributed by atoms with Gasteiger partial charge in [0, 0.05) is 12.7 Å². The average Bonchev–Trinajstić information content (AvgIpc) is 2.68. The molecule has 0 atom stereocenters. The molecule has 2 aromatic rings. The number of nitrogens with zero attached hydrogens (tertiary/aromatic N) is 3. The van der Waals surface area contributed by atoms with Crippen LogP contribution in [0.1, 0.15) is 6.92 Å². The number of pyridine rings is 1. The Morgan fingerprint density at radius 3 is 3.00 bits per heavy atom. The van der Waals surface area contributed by atoms with Gasteiger partial charge in [-0.05, 0) is 19.1 Å². The van der Waals surface area contributed by atoms with Gasteiger partial charge < -0.3 is 5.32 Å². The van der Waals surface area contributed by atoms with E-state index in [0.29, 0.717) is 0 Å².